The van der Waals surface area contributed by atoms with Crippen molar-refractivity contribution in [2.45, 2.75) is 6.92 Å². The van der Waals surface area contributed by atoms with Crippen LogP contribution in [0.25, 0.3) is 0 Å². The number of furan rings is 1. The van der Waals surface area contributed by atoms with Gasteiger partial charge in [-0.25, -0.2) is 0 Å². The Morgan fingerprint density at radius 2 is 1.90 bits per heavy atom. The molecule has 1 saturated heterocycles. The lowest BCUT2D eigenvalue weighted by atomic mass is 10.2. The number of nitrogens with zero attached hydrogens (tertiary/aromatic N) is 2. The van der Waals surface area contributed by atoms with Gasteiger partial charge in [0.2, 0.25) is 0 Å². The van der Waals surface area contributed by atoms with Gasteiger partial charge in [-0.1, -0.05) is 12.1 Å². The molecule has 2 heterocycles. The summed E-state index contributed by atoms with van der Waals surface area (Å²) < 4.78 is 5.20. The number of nitrogen functional groups attached to an aromatic ring is 1. The van der Waals surface area contributed by atoms with Crippen LogP contribution in [0.3, 0.4) is 0 Å². The molecular weight excluding hydrogens is 266 g/mol. The largest absolute Gasteiger partial charge is 0.436 e. The number of hydrogen-bond donors (Lipinski definition) is 1. The number of carbonyl (C=O) groups excluding carboxylic acids is 1. The predicted octanol–water partition coefficient (Wildman–Crippen LogP) is 2.13. The first-order valence-corrected chi connectivity index (χ1v) is 7.10. The second-order valence-corrected chi connectivity index (χ2v) is 5.32. The minimum atomic E-state index is -0.0874. The number of benzene rings is 1. The highest BCUT2D eigenvalue weighted by Gasteiger charge is 2.24. The first kappa shape index (κ1) is 13.5. The second-order valence-electron chi connectivity index (χ2n) is 5.32. The first-order chi connectivity index (χ1) is 10.1. The maximum Gasteiger partial charge on any atom is 0.289 e. The average Bonchev–Trinajstić information content (AvgIpc) is 2.93. The van der Waals surface area contributed by atoms with Crippen molar-refractivity contribution in [1.82, 2.24) is 4.90 Å². The Bertz CT molecular complexity index is 642. The molecule has 0 spiro atoms. The van der Waals surface area contributed by atoms with Gasteiger partial charge in [0.15, 0.2) is 11.6 Å². The third-order valence-corrected chi connectivity index (χ3v) is 3.77. The third-order valence-electron chi connectivity index (χ3n) is 3.77. The Morgan fingerprint density at radius 3 is 2.52 bits per heavy atom. The van der Waals surface area contributed by atoms with Crippen molar-refractivity contribution in [2.75, 3.05) is 36.8 Å². The monoisotopic (exact) mass is 285 g/mol. The van der Waals surface area contributed by atoms with E-state index in [0.29, 0.717) is 18.8 Å². The molecule has 0 unspecified atom stereocenters. The molecule has 110 valence electrons. The summed E-state index contributed by atoms with van der Waals surface area (Å²) in [5.74, 6) is 0.504. The molecule has 21 heavy (non-hydrogen) atoms. The van der Waals surface area contributed by atoms with Crippen molar-refractivity contribution >= 4 is 17.5 Å². The Labute approximate surface area is 123 Å². The number of hydrogen-bond acceptors (Lipinski definition) is 4. The van der Waals surface area contributed by atoms with E-state index in [9.17, 15) is 4.79 Å². The summed E-state index contributed by atoms with van der Waals surface area (Å²) in [6, 6.07) is 11.7. The lowest BCUT2D eigenvalue weighted by Crippen LogP contribution is -2.48. The molecule has 1 aromatic heterocycles. The van der Waals surface area contributed by atoms with E-state index in [0.717, 1.165) is 13.1 Å². The van der Waals surface area contributed by atoms with Gasteiger partial charge in [0.05, 0.1) is 0 Å². The highest BCUT2D eigenvalue weighted by molar-refractivity contribution is 5.92. The quantitative estimate of drug-likeness (QED) is 0.918. The lowest BCUT2D eigenvalue weighted by Gasteiger charge is -2.35. The molecule has 1 fully saturated rings. The zero-order valence-corrected chi connectivity index (χ0v) is 12.1. The summed E-state index contributed by atoms with van der Waals surface area (Å²) in [5, 5.41) is 0. The molecule has 5 nitrogen and oxygen atoms in total. The topological polar surface area (TPSA) is 62.7 Å². The van der Waals surface area contributed by atoms with Crippen molar-refractivity contribution < 1.29 is 9.21 Å². The number of aryl methyl sites for hydroxylation is 1. The molecule has 1 aliphatic heterocycles. The van der Waals surface area contributed by atoms with Crippen molar-refractivity contribution in [3.05, 3.63) is 47.7 Å². The highest BCUT2D eigenvalue weighted by atomic mass is 16.4. The van der Waals surface area contributed by atoms with E-state index < -0.39 is 0 Å². The molecular formula is C16H19N3O2. The van der Waals surface area contributed by atoms with Gasteiger partial charge < -0.3 is 20.0 Å². The number of carbonyl (C=O) groups is 1. The van der Waals surface area contributed by atoms with Crippen molar-refractivity contribution in [3.63, 3.8) is 0 Å². The summed E-state index contributed by atoms with van der Waals surface area (Å²) in [4.78, 5) is 16.4. The molecule has 3 rings (SSSR count). The zero-order valence-electron chi connectivity index (χ0n) is 12.1. The van der Waals surface area contributed by atoms with Gasteiger partial charge in [-0.15, -0.1) is 0 Å². The first-order valence-electron chi connectivity index (χ1n) is 7.10. The molecule has 1 aromatic carbocycles. The van der Waals surface area contributed by atoms with Crippen molar-refractivity contribution in [3.8, 4) is 0 Å². The number of anilines is 2. The molecule has 0 bridgehead atoms. The van der Waals surface area contributed by atoms with Gasteiger partial charge in [-0.05, 0) is 30.7 Å². The summed E-state index contributed by atoms with van der Waals surface area (Å²) in [5.41, 5.74) is 7.97. The fourth-order valence-electron chi connectivity index (χ4n) is 2.62. The molecule has 2 aromatic rings. The summed E-state index contributed by atoms with van der Waals surface area (Å²) in [7, 11) is 0. The SMILES string of the molecule is Cc1cccc(N2CCN(C(=O)c3ccc(N)o3)CC2)c1. The van der Waals surface area contributed by atoms with Gasteiger partial charge in [-0.3, -0.25) is 4.79 Å². The maximum atomic E-state index is 12.3. The summed E-state index contributed by atoms with van der Waals surface area (Å²) in [6.45, 7) is 5.11. The zero-order chi connectivity index (χ0) is 14.8. The molecule has 1 aliphatic rings. The van der Waals surface area contributed by atoms with Crippen molar-refractivity contribution in [1.29, 1.82) is 0 Å². The average molecular weight is 285 g/mol. The standard InChI is InChI=1S/C16H19N3O2/c1-12-3-2-4-13(11-12)18-7-9-19(10-8-18)16(20)14-5-6-15(17)21-14/h2-6,11H,7-10,17H2,1H3. The van der Waals surface area contributed by atoms with Gasteiger partial charge in [-0.2, -0.15) is 0 Å². The number of nitrogens with two attached hydrogens (primary N) is 1. The van der Waals surface area contributed by atoms with E-state index in [1.165, 1.54) is 11.3 Å². The van der Waals surface area contributed by atoms with Crippen LogP contribution in [0.15, 0.2) is 40.8 Å². The molecule has 0 saturated carbocycles. The van der Waals surface area contributed by atoms with Crippen LogP contribution in [0.1, 0.15) is 16.1 Å². The molecule has 2 N–H and O–H groups in total. The predicted molar refractivity (Wildman–Crippen MR) is 82.4 cm³/mol. The molecule has 0 radical (unpaired) electrons. The summed E-state index contributed by atoms with van der Waals surface area (Å²) >= 11 is 0. The maximum absolute atomic E-state index is 12.3. The lowest BCUT2D eigenvalue weighted by molar-refractivity contribution is 0.0716. The van der Waals surface area contributed by atoms with Crippen LogP contribution in [0, 0.1) is 6.92 Å². The fourth-order valence-corrected chi connectivity index (χ4v) is 2.62. The van der Waals surface area contributed by atoms with Crippen LogP contribution in [0.5, 0.6) is 0 Å². The molecule has 5 heteroatoms. The Balaban J connectivity index is 1.64. The van der Waals surface area contributed by atoms with E-state index in [1.54, 1.807) is 12.1 Å². The summed E-state index contributed by atoms with van der Waals surface area (Å²) in [6.07, 6.45) is 0. The van der Waals surface area contributed by atoms with Gasteiger partial charge in [0, 0.05) is 37.9 Å². The van der Waals surface area contributed by atoms with E-state index in [1.807, 2.05) is 4.90 Å². The molecule has 0 atom stereocenters. The smallest absolute Gasteiger partial charge is 0.289 e. The van der Waals surface area contributed by atoms with E-state index in [-0.39, 0.29) is 11.8 Å². The Kier molecular flexibility index (Phi) is 3.56. The van der Waals surface area contributed by atoms with Crippen LogP contribution < -0.4 is 10.6 Å². The number of amides is 1. The molecule has 0 aliphatic carbocycles. The van der Waals surface area contributed by atoms with Crippen LogP contribution in [0.2, 0.25) is 0 Å². The van der Waals surface area contributed by atoms with Gasteiger partial charge in [0.25, 0.3) is 5.91 Å². The number of rotatable bonds is 2. The van der Waals surface area contributed by atoms with E-state index >= 15 is 0 Å². The van der Waals surface area contributed by atoms with Crippen molar-refractivity contribution in [2.24, 2.45) is 0 Å². The van der Waals surface area contributed by atoms with E-state index in [2.05, 4.69) is 36.1 Å². The Morgan fingerprint density at radius 1 is 1.14 bits per heavy atom. The van der Waals surface area contributed by atoms with Gasteiger partial charge in [0.1, 0.15) is 0 Å². The Hall–Kier alpha value is -2.43. The highest BCUT2D eigenvalue weighted by Crippen LogP contribution is 2.19. The van der Waals surface area contributed by atoms with E-state index in [4.69, 9.17) is 10.2 Å². The minimum absolute atomic E-state index is 0.0874. The van der Waals surface area contributed by atoms with Crippen LogP contribution in [0.4, 0.5) is 11.6 Å². The van der Waals surface area contributed by atoms with Crippen LogP contribution in [-0.4, -0.2) is 37.0 Å². The normalized spacial score (nSPS) is 15.3. The number of piperazine rings is 1. The second kappa shape index (κ2) is 5.52. The van der Waals surface area contributed by atoms with Crippen LogP contribution >= 0.6 is 0 Å². The third kappa shape index (κ3) is 2.86. The van der Waals surface area contributed by atoms with Crippen LogP contribution in [-0.2, 0) is 0 Å². The minimum Gasteiger partial charge on any atom is -0.436 e. The molecule has 1 amide bonds. The van der Waals surface area contributed by atoms with Gasteiger partial charge >= 0.3 is 0 Å². The fraction of sp³-hybridized carbons (Fsp3) is 0.312.